The van der Waals surface area contributed by atoms with Crippen LogP contribution in [0.3, 0.4) is 0 Å². The number of nitrogens with two attached hydrogens (primary N) is 1. The first-order chi connectivity index (χ1) is 7.31. The van der Waals surface area contributed by atoms with Gasteiger partial charge in [0.2, 0.25) is 0 Å². The molecule has 15 heavy (non-hydrogen) atoms. The second-order valence-electron chi connectivity index (χ2n) is 3.92. The number of benzene rings is 1. The van der Waals surface area contributed by atoms with E-state index in [1.54, 1.807) is 0 Å². The van der Waals surface area contributed by atoms with Crippen LogP contribution in [0.4, 0.5) is 5.69 Å². The summed E-state index contributed by atoms with van der Waals surface area (Å²) >= 11 is 0. The van der Waals surface area contributed by atoms with Gasteiger partial charge < -0.3 is 10.6 Å². The first-order valence-corrected chi connectivity index (χ1v) is 5.33. The molecule has 3 heteroatoms. The van der Waals surface area contributed by atoms with Crippen molar-refractivity contribution >= 4 is 5.69 Å². The fourth-order valence-corrected chi connectivity index (χ4v) is 2.01. The Labute approximate surface area is 90.1 Å². The highest BCUT2D eigenvalue weighted by Crippen LogP contribution is 2.22. The van der Waals surface area contributed by atoms with Gasteiger partial charge >= 0.3 is 0 Å². The molecule has 2 N–H and O–H groups in total. The maximum atomic E-state index is 8.70. The number of nitrogens with zero attached hydrogens (tertiary/aromatic N) is 2. The lowest BCUT2D eigenvalue weighted by molar-refractivity contribution is 0.470. The quantitative estimate of drug-likeness (QED) is 0.754. The molecular formula is C12H15N3. The third-order valence-corrected chi connectivity index (χ3v) is 2.88. The standard InChI is InChI=1S/C12H15N3/c13-9-10-4-6-11(7-5-10)15-8-2-1-3-12(15)14/h4-7,12H,1-3,8,14H2. The number of nitriles is 1. The van der Waals surface area contributed by atoms with Crippen molar-refractivity contribution in [1.29, 1.82) is 5.26 Å². The number of anilines is 1. The van der Waals surface area contributed by atoms with E-state index in [1.807, 2.05) is 24.3 Å². The highest BCUT2D eigenvalue weighted by molar-refractivity contribution is 5.50. The summed E-state index contributed by atoms with van der Waals surface area (Å²) in [7, 11) is 0. The summed E-state index contributed by atoms with van der Waals surface area (Å²) in [6.07, 6.45) is 3.61. The minimum atomic E-state index is 0.131. The molecule has 1 aliphatic heterocycles. The van der Waals surface area contributed by atoms with Gasteiger partial charge in [-0.1, -0.05) is 0 Å². The summed E-state index contributed by atoms with van der Waals surface area (Å²) in [6.45, 7) is 1.02. The molecule has 1 saturated heterocycles. The molecule has 78 valence electrons. The summed E-state index contributed by atoms with van der Waals surface area (Å²) in [5, 5.41) is 8.70. The van der Waals surface area contributed by atoms with E-state index < -0.39 is 0 Å². The van der Waals surface area contributed by atoms with Crippen LogP contribution in [0.5, 0.6) is 0 Å². The van der Waals surface area contributed by atoms with Crippen molar-refractivity contribution in [2.75, 3.05) is 11.4 Å². The van der Waals surface area contributed by atoms with Gasteiger partial charge in [-0.3, -0.25) is 0 Å². The molecule has 2 rings (SSSR count). The highest BCUT2D eigenvalue weighted by Gasteiger charge is 2.18. The lowest BCUT2D eigenvalue weighted by Crippen LogP contribution is -2.45. The van der Waals surface area contributed by atoms with Crippen LogP contribution >= 0.6 is 0 Å². The fraction of sp³-hybridized carbons (Fsp3) is 0.417. The first-order valence-electron chi connectivity index (χ1n) is 5.33. The van der Waals surface area contributed by atoms with E-state index in [-0.39, 0.29) is 6.17 Å². The second-order valence-corrected chi connectivity index (χ2v) is 3.92. The molecule has 1 atom stereocenters. The Morgan fingerprint density at radius 3 is 2.60 bits per heavy atom. The molecule has 0 radical (unpaired) electrons. The maximum Gasteiger partial charge on any atom is 0.0991 e. The third kappa shape index (κ3) is 2.11. The van der Waals surface area contributed by atoms with E-state index in [1.165, 1.54) is 12.8 Å². The molecule has 0 aromatic heterocycles. The van der Waals surface area contributed by atoms with Crippen molar-refractivity contribution in [2.24, 2.45) is 5.73 Å². The largest absolute Gasteiger partial charge is 0.356 e. The van der Waals surface area contributed by atoms with Gasteiger partial charge in [0, 0.05) is 12.2 Å². The van der Waals surface area contributed by atoms with Crippen molar-refractivity contribution in [2.45, 2.75) is 25.4 Å². The topological polar surface area (TPSA) is 53.0 Å². The maximum absolute atomic E-state index is 8.70. The van der Waals surface area contributed by atoms with Crippen LogP contribution in [0.2, 0.25) is 0 Å². The van der Waals surface area contributed by atoms with Crippen molar-refractivity contribution in [3.8, 4) is 6.07 Å². The predicted molar refractivity (Wildman–Crippen MR) is 60.3 cm³/mol. The van der Waals surface area contributed by atoms with Gasteiger partial charge in [0.05, 0.1) is 17.8 Å². The van der Waals surface area contributed by atoms with Crippen LogP contribution in [0.25, 0.3) is 0 Å². The Kier molecular flexibility index (Phi) is 2.89. The van der Waals surface area contributed by atoms with Crippen LogP contribution in [-0.4, -0.2) is 12.7 Å². The van der Waals surface area contributed by atoms with Crippen molar-refractivity contribution in [1.82, 2.24) is 0 Å². The monoisotopic (exact) mass is 201 g/mol. The van der Waals surface area contributed by atoms with Gasteiger partial charge in [0.25, 0.3) is 0 Å². The average Bonchev–Trinajstić information content (AvgIpc) is 2.30. The van der Waals surface area contributed by atoms with E-state index in [2.05, 4.69) is 11.0 Å². The zero-order valence-electron chi connectivity index (χ0n) is 8.69. The lowest BCUT2D eigenvalue weighted by Gasteiger charge is -2.35. The molecule has 1 aromatic carbocycles. The number of hydrogen-bond donors (Lipinski definition) is 1. The molecule has 0 aliphatic carbocycles. The van der Waals surface area contributed by atoms with E-state index >= 15 is 0 Å². The second kappa shape index (κ2) is 4.33. The molecule has 1 heterocycles. The fourth-order valence-electron chi connectivity index (χ4n) is 2.01. The van der Waals surface area contributed by atoms with E-state index in [0.717, 1.165) is 18.7 Å². The Morgan fingerprint density at radius 1 is 1.27 bits per heavy atom. The molecule has 0 saturated carbocycles. The number of hydrogen-bond acceptors (Lipinski definition) is 3. The third-order valence-electron chi connectivity index (χ3n) is 2.88. The lowest BCUT2D eigenvalue weighted by atomic mass is 10.1. The van der Waals surface area contributed by atoms with Crippen LogP contribution in [0.15, 0.2) is 24.3 Å². The van der Waals surface area contributed by atoms with Crippen LogP contribution in [0, 0.1) is 11.3 Å². The predicted octanol–water partition coefficient (Wildman–Crippen LogP) is 1.83. The SMILES string of the molecule is N#Cc1ccc(N2CCCCC2N)cc1. The molecule has 1 fully saturated rings. The Balaban J connectivity index is 2.18. The molecule has 0 bridgehead atoms. The van der Waals surface area contributed by atoms with E-state index in [9.17, 15) is 0 Å². The molecule has 1 aromatic rings. The van der Waals surface area contributed by atoms with Gasteiger partial charge in [-0.2, -0.15) is 5.26 Å². The van der Waals surface area contributed by atoms with Crippen LogP contribution in [-0.2, 0) is 0 Å². The smallest absolute Gasteiger partial charge is 0.0991 e. The highest BCUT2D eigenvalue weighted by atomic mass is 15.2. The summed E-state index contributed by atoms with van der Waals surface area (Å²) in [6, 6.07) is 9.76. The van der Waals surface area contributed by atoms with Crippen LogP contribution < -0.4 is 10.6 Å². The minimum Gasteiger partial charge on any atom is -0.356 e. The molecule has 1 unspecified atom stereocenters. The van der Waals surface area contributed by atoms with Gasteiger partial charge in [0.15, 0.2) is 0 Å². The zero-order chi connectivity index (χ0) is 10.7. The number of piperidine rings is 1. The Bertz CT molecular complexity index is 363. The summed E-state index contributed by atoms with van der Waals surface area (Å²) in [5.41, 5.74) is 7.87. The Hall–Kier alpha value is -1.53. The van der Waals surface area contributed by atoms with E-state index in [0.29, 0.717) is 5.56 Å². The van der Waals surface area contributed by atoms with Gasteiger partial charge in [-0.15, -0.1) is 0 Å². The summed E-state index contributed by atoms with van der Waals surface area (Å²) in [4.78, 5) is 2.21. The Morgan fingerprint density at radius 2 is 2.00 bits per heavy atom. The summed E-state index contributed by atoms with van der Waals surface area (Å²) in [5.74, 6) is 0. The van der Waals surface area contributed by atoms with Gasteiger partial charge in [-0.25, -0.2) is 0 Å². The van der Waals surface area contributed by atoms with Crippen molar-refractivity contribution in [3.05, 3.63) is 29.8 Å². The molecule has 1 aliphatic rings. The van der Waals surface area contributed by atoms with Crippen LogP contribution in [0.1, 0.15) is 24.8 Å². The molecule has 0 amide bonds. The normalized spacial score (nSPS) is 21.1. The minimum absolute atomic E-state index is 0.131. The van der Waals surface area contributed by atoms with Gasteiger partial charge in [0.1, 0.15) is 0 Å². The molecule has 0 spiro atoms. The van der Waals surface area contributed by atoms with Crippen molar-refractivity contribution in [3.63, 3.8) is 0 Å². The molecular weight excluding hydrogens is 186 g/mol. The van der Waals surface area contributed by atoms with Crippen molar-refractivity contribution < 1.29 is 0 Å². The average molecular weight is 201 g/mol. The number of rotatable bonds is 1. The van der Waals surface area contributed by atoms with Gasteiger partial charge in [-0.05, 0) is 43.5 Å². The first kappa shape index (κ1) is 10.0. The van der Waals surface area contributed by atoms with E-state index in [4.69, 9.17) is 11.0 Å². The zero-order valence-corrected chi connectivity index (χ0v) is 8.69. The summed E-state index contributed by atoms with van der Waals surface area (Å²) < 4.78 is 0. The molecule has 3 nitrogen and oxygen atoms in total.